The van der Waals surface area contributed by atoms with Crippen LogP contribution in [0.1, 0.15) is 31.0 Å². The molecule has 30 heavy (non-hydrogen) atoms. The molecule has 0 fully saturated rings. The van der Waals surface area contributed by atoms with Gasteiger partial charge in [0.2, 0.25) is 5.91 Å². The van der Waals surface area contributed by atoms with E-state index in [2.05, 4.69) is 10.6 Å². The monoisotopic (exact) mass is 410 g/mol. The van der Waals surface area contributed by atoms with Crippen molar-refractivity contribution in [3.05, 3.63) is 65.9 Å². The van der Waals surface area contributed by atoms with Crippen LogP contribution < -0.4 is 21.1 Å². The molecule has 0 saturated heterocycles. The van der Waals surface area contributed by atoms with Gasteiger partial charge in [0.1, 0.15) is 11.8 Å². The Labute approximate surface area is 177 Å². The predicted molar refractivity (Wildman–Crippen MR) is 121 cm³/mol. The molecule has 160 valence electrons. The van der Waals surface area contributed by atoms with Crippen molar-refractivity contribution >= 4 is 23.4 Å². The summed E-state index contributed by atoms with van der Waals surface area (Å²) in [6, 6.07) is 14.0. The quantitative estimate of drug-likeness (QED) is 0.336. The SMILES string of the molecule is COc1cccc(C(NCCOC(C)C)C(=O)Nc2ccc(/C(C=N)=C/N)cc2)c1. The number of rotatable bonds is 11. The highest BCUT2D eigenvalue weighted by molar-refractivity contribution is 6.08. The molecule has 5 N–H and O–H groups in total. The molecule has 0 bridgehead atoms. The molecule has 0 radical (unpaired) electrons. The lowest BCUT2D eigenvalue weighted by Gasteiger charge is -2.20. The van der Waals surface area contributed by atoms with E-state index in [1.165, 1.54) is 12.4 Å². The number of carbonyl (C=O) groups excluding carboxylic acids is 1. The Morgan fingerprint density at radius 2 is 1.93 bits per heavy atom. The van der Waals surface area contributed by atoms with Gasteiger partial charge in [0, 0.05) is 30.2 Å². The minimum Gasteiger partial charge on any atom is -0.497 e. The van der Waals surface area contributed by atoms with Gasteiger partial charge in [0.15, 0.2) is 0 Å². The molecule has 0 aromatic heterocycles. The Bertz CT molecular complexity index is 863. The molecule has 2 rings (SSSR count). The molecular formula is C23H30N4O3. The number of ether oxygens (including phenoxy) is 2. The van der Waals surface area contributed by atoms with Gasteiger partial charge in [-0.1, -0.05) is 24.3 Å². The zero-order valence-corrected chi connectivity index (χ0v) is 17.6. The van der Waals surface area contributed by atoms with Gasteiger partial charge in [-0.2, -0.15) is 0 Å². The molecule has 0 aliphatic heterocycles. The van der Waals surface area contributed by atoms with Gasteiger partial charge in [-0.05, 0) is 49.2 Å². The smallest absolute Gasteiger partial charge is 0.246 e. The van der Waals surface area contributed by atoms with Crippen LogP contribution in [0.3, 0.4) is 0 Å². The van der Waals surface area contributed by atoms with Crippen LogP contribution in [0.2, 0.25) is 0 Å². The number of nitrogens with two attached hydrogens (primary N) is 1. The zero-order chi connectivity index (χ0) is 21.9. The average molecular weight is 411 g/mol. The first kappa shape index (κ1) is 23.1. The molecule has 1 unspecified atom stereocenters. The molecular weight excluding hydrogens is 380 g/mol. The van der Waals surface area contributed by atoms with E-state index < -0.39 is 6.04 Å². The Morgan fingerprint density at radius 3 is 2.53 bits per heavy atom. The van der Waals surface area contributed by atoms with Gasteiger partial charge in [0.05, 0.1) is 19.8 Å². The van der Waals surface area contributed by atoms with E-state index in [0.717, 1.165) is 11.1 Å². The van der Waals surface area contributed by atoms with Crippen molar-refractivity contribution < 1.29 is 14.3 Å². The van der Waals surface area contributed by atoms with E-state index in [0.29, 0.717) is 30.2 Å². The highest BCUT2D eigenvalue weighted by atomic mass is 16.5. The maximum Gasteiger partial charge on any atom is 0.246 e. The average Bonchev–Trinajstić information content (AvgIpc) is 2.75. The van der Waals surface area contributed by atoms with Crippen molar-refractivity contribution in [2.24, 2.45) is 5.73 Å². The van der Waals surface area contributed by atoms with Gasteiger partial charge in [-0.25, -0.2) is 0 Å². The fourth-order valence-electron chi connectivity index (χ4n) is 2.87. The van der Waals surface area contributed by atoms with Crippen LogP contribution in [0, 0.1) is 5.41 Å². The van der Waals surface area contributed by atoms with E-state index >= 15 is 0 Å². The Balaban J connectivity index is 2.15. The third-order valence-electron chi connectivity index (χ3n) is 4.41. The minimum absolute atomic E-state index is 0.128. The number of methoxy groups -OCH3 is 1. The Hall–Kier alpha value is -3.16. The first-order valence-corrected chi connectivity index (χ1v) is 9.81. The standard InChI is InChI=1S/C23H30N4O3/c1-16(2)30-12-11-26-22(18-5-4-6-21(13-18)29-3)23(28)27-20-9-7-17(8-10-20)19(14-24)15-25/h4-10,13-16,22,24,26H,11-12,25H2,1-3H3,(H,27,28)/b19-15+,24-14?. The molecule has 1 atom stereocenters. The van der Waals surface area contributed by atoms with Crippen molar-refractivity contribution in [3.8, 4) is 5.75 Å². The highest BCUT2D eigenvalue weighted by Gasteiger charge is 2.21. The number of hydrogen-bond donors (Lipinski definition) is 4. The summed E-state index contributed by atoms with van der Waals surface area (Å²) < 4.78 is 10.9. The summed E-state index contributed by atoms with van der Waals surface area (Å²) in [6.07, 6.45) is 2.70. The second kappa shape index (κ2) is 11.7. The molecule has 7 heteroatoms. The normalized spacial score (nSPS) is 12.5. The molecule has 1 amide bonds. The van der Waals surface area contributed by atoms with E-state index in [4.69, 9.17) is 20.6 Å². The summed E-state index contributed by atoms with van der Waals surface area (Å²) in [5, 5.41) is 13.6. The summed E-state index contributed by atoms with van der Waals surface area (Å²) in [5.74, 6) is 0.491. The Morgan fingerprint density at radius 1 is 1.20 bits per heavy atom. The summed E-state index contributed by atoms with van der Waals surface area (Å²) in [7, 11) is 1.60. The van der Waals surface area contributed by atoms with E-state index in [1.54, 1.807) is 19.2 Å². The molecule has 0 aliphatic carbocycles. The number of nitrogens with one attached hydrogen (secondary N) is 3. The zero-order valence-electron chi connectivity index (χ0n) is 17.6. The van der Waals surface area contributed by atoms with Crippen LogP contribution in [0.25, 0.3) is 5.57 Å². The first-order chi connectivity index (χ1) is 14.5. The van der Waals surface area contributed by atoms with Crippen LogP contribution in [0.5, 0.6) is 5.75 Å². The van der Waals surface area contributed by atoms with E-state index in [9.17, 15) is 4.79 Å². The molecule has 0 saturated carbocycles. The second-order valence-corrected chi connectivity index (χ2v) is 6.92. The summed E-state index contributed by atoms with van der Waals surface area (Å²) in [6.45, 7) is 4.97. The number of allylic oxidation sites excluding steroid dienone is 1. The molecule has 2 aromatic rings. The third kappa shape index (κ3) is 6.72. The maximum atomic E-state index is 13.0. The lowest BCUT2D eigenvalue weighted by atomic mass is 10.0. The number of anilines is 1. The number of hydrogen-bond acceptors (Lipinski definition) is 6. The third-order valence-corrected chi connectivity index (χ3v) is 4.41. The number of benzene rings is 2. The van der Waals surface area contributed by atoms with Crippen molar-refractivity contribution in [2.75, 3.05) is 25.6 Å². The van der Waals surface area contributed by atoms with Crippen LogP contribution in [-0.2, 0) is 9.53 Å². The number of amides is 1. The molecule has 0 aliphatic rings. The number of carbonyl (C=O) groups is 1. The van der Waals surface area contributed by atoms with Crippen molar-refractivity contribution in [1.82, 2.24) is 5.32 Å². The van der Waals surface area contributed by atoms with Gasteiger partial charge in [0.25, 0.3) is 0 Å². The minimum atomic E-state index is -0.573. The summed E-state index contributed by atoms with van der Waals surface area (Å²) in [5.41, 5.74) is 8.38. The lowest BCUT2D eigenvalue weighted by Crippen LogP contribution is -2.35. The van der Waals surface area contributed by atoms with Crippen LogP contribution >= 0.6 is 0 Å². The fraction of sp³-hybridized carbons (Fsp3) is 0.304. The fourth-order valence-corrected chi connectivity index (χ4v) is 2.87. The van der Waals surface area contributed by atoms with Crippen LogP contribution in [-0.4, -0.2) is 38.5 Å². The van der Waals surface area contributed by atoms with Crippen molar-refractivity contribution in [2.45, 2.75) is 26.0 Å². The van der Waals surface area contributed by atoms with Crippen molar-refractivity contribution in [1.29, 1.82) is 5.41 Å². The van der Waals surface area contributed by atoms with Gasteiger partial charge >= 0.3 is 0 Å². The van der Waals surface area contributed by atoms with Crippen LogP contribution in [0.15, 0.2) is 54.7 Å². The maximum absolute atomic E-state index is 13.0. The van der Waals surface area contributed by atoms with Gasteiger partial charge in [-0.15, -0.1) is 0 Å². The topological polar surface area (TPSA) is 109 Å². The molecule has 7 nitrogen and oxygen atoms in total. The first-order valence-electron chi connectivity index (χ1n) is 9.81. The van der Waals surface area contributed by atoms with Gasteiger partial charge in [-0.3, -0.25) is 10.1 Å². The van der Waals surface area contributed by atoms with Crippen LogP contribution in [0.4, 0.5) is 5.69 Å². The Kier molecular flexibility index (Phi) is 9.05. The lowest BCUT2D eigenvalue weighted by molar-refractivity contribution is -0.118. The second-order valence-electron chi connectivity index (χ2n) is 6.92. The molecule has 2 aromatic carbocycles. The predicted octanol–water partition coefficient (Wildman–Crippen LogP) is 3.34. The largest absolute Gasteiger partial charge is 0.497 e. The summed E-state index contributed by atoms with van der Waals surface area (Å²) in [4.78, 5) is 13.0. The van der Waals surface area contributed by atoms with Gasteiger partial charge < -0.3 is 25.9 Å². The highest BCUT2D eigenvalue weighted by Crippen LogP contribution is 2.22. The summed E-state index contributed by atoms with van der Waals surface area (Å²) >= 11 is 0. The molecule has 0 heterocycles. The van der Waals surface area contributed by atoms with Crippen molar-refractivity contribution in [3.63, 3.8) is 0 Å². The van der Waals surface area contributed by atoms with E-state index in [1.807, 2.05) is 50.2 Å². The van der Waals surface area contributed by atoms with E-state index in [-0.39, 0.29) is 12.0 Å². The molecule has 0 spiro atoms.